The first-order valence-electron chi connectivity index (χ1n) is 14.9. The van der Waals surface area contributed by atoms with Crippen molar-refractivity contribution in [3.05, 3.63) is 0 Å². The van der Waals surface area contributed by atoms with Crippen LogP contribution in [0, 0.1) is 35.5 Å². The molecule has 0 radical (unpaired) electrons. The number of ether oxygens (including phenoxy) is 3. The highest BCUT2D eigenvalue weighted by Crippen LogP contribution is 2.50. The third kappa shape index (κ3) is 5.90. The Balaban J connectivity index is 1.30. The molecule has 2 aliphatic heterocycles. The second-order valence-corrected chi connectivity index (χ2v) is 12.7. The minimum atomic E-state index is -1.63. The molecule has 8 N–H and O–H groups in total. The quantitative estimate of drug-likeness (QED) is 0.186. The predicted molar refractivity (Wildman–Crippen MR) is 139 cm³/mol. The third-order valence-corrected chi connectivity index (χ3v) is 10.3. The number of aliphatic hydroxyl groups is 5. The van der Waals surface area contributed by atoms with Gasteiger partial charge in [0, 0.05) is 25.4 Å². The smallest absolute Gasteiger partial charge is 0.186 e. The molecule has 3 saturated carbocycles. The van der Waals surface area contributed by atoms with Crippen LogP contribution in [0.5, 0.6) is 0 Å². The van der Waals surface area contributed by atoms with Crippen LogP contribution in [0.4, 0.5) is 0 Å². The molecule has 2 saturated heterocycles. The summed E-state index contributed by atoms with van der Waals surface area (Å²) >= 11 is 0. The standard InChI is InChI=1S/C28H46N2O10/c1-38-14-8-16-22(18(9-14)39-28-27(37)26(36)24(34)19(11-31)40-28)25(35)21-15(23(16)33)6-13(7-17(21)32)3-2-12-4-5-20(29)30-10-12/h12-22,24,26-28,30-32,34,36-37H,2-11,29H2,1H3. The summed E-state index contributed by atoms with van der Waals surface area (Å²) in [5, 5.41) is 54.9. The molecule has 0 aromatic heterocycles. The number of aliphatic hydroxyl groups excluding tert-OH is 5. The van der Waals surface area contributed by atoms with Gasteiger partial charge in [-0.3, -0.25) is 9.59 Å². The monoisotopic (exact) mass is 570 g/mol. The number of hydrogen-bond donors (Lipinski definition) is 7. The minimum absolute atomic E-state index is 0.0483. The fraction of sp³-hybridized carbons (Fsp3) is 0.929. The highest BCUT2D eigenvalue weighted by Gasteiger charge is 2.59. The first kappa shape index (κ1) is 30.4. The van der Waals surface area contributed by atoms with Crippen molar-refractivity contribution >= 4 is 11.6 Å². The molecule has 0 aromatic carbocycles. The number of hydrogen-bond acceptors (Lipinski definition) is 12. The van der Waals surface area contributed by atoms with E-state index in [0.717, 1.165) is 32.2 Å². The van der Waals surface area contributed by atoms with E-state index in [4.69, 9.17) is 19.9 Å². The van der Waals surface area contributed by atoms with Gasteiger partial charge in [-0.25, -0.2) is 0 Å². The van der Waals surface area contributed by atoms with E-state index in [-0.39, 0.29) is 36.2 Å². The lowest BCUT2D eigenvalue weighted by atomic mass is 9.55. The summed E-state index contributed by atoms with van der Waals surface area (Å²) in [6.07, 6.45) is -3.98. The van der Waals surface area contributed by atoms with Crippen molar-refractivity contribution in [2.75, 3.05) is 20.3 Å². The van der Waals surface area contributed by atoms with Gasteiger partial charge in [0.1, 0.15) is 36.0 Å². The summed E-state index contributed by atoms with van der Waals surface area (Å²) in [6, 6.07) is 0. The number of nitrogens with two attached hydrogens (primary N) is 1. The minimum Gasteiger partial charge on any atom is -0.394 e. The van der Waals surface area contributed by atoms with E-state index in [1.165, 1.54) is 7.11 Å². The summed E-state index contributed by atoms with van der Waals surface area (Å²) in [7, 11) is 1.53. The van der Waals surface area contributed by atoms with Gasteiger partial charge in [0.15, 0.2) is 6.29 Å². The average Bonchev–Trinajstić information content (AvgIpc) is 2.95. The maximum Gasteiger partial charge on any atom is 0.186 e. The third-order valence-electron chi connectivity index (χ3n) is 10.3. The summed E-state index contributed by atoms with van der Waals surface area (Å²) < 4.78 is 17.2. The van der Waals surface area contributed by atoms with Gasteiger partial charge in [-0.1, -0.05) is 6.42 Å². The number of methoxy groups -OCH3 is 1. The molecule has 0 amide bonds. The molecule has 15 unspecified atom stereocenters. The number of carbonyl (C=O) groups is 2. The van der Waals surface area contributed by atoms with Gasteiger partial charge in [-0.2, -0.15) is 0 Å². The van der Waals surface area contributed by atoms with Crippen molar-refractivity contribution in [2.24, 2.45) is 41.2 Å². The normalized spacial score (nSPS) is 49.8. The fourth-order valence-corrected chi connectivity index (χ4v) is 7.98. The van der Waals surface area contributed by atoms with E-state index in [1.54, 1.807) is 0 Å². The van der Waals surface area contributed by atoms with Crippen LogP contribution in [0.3, 0.4) is 0 Å². The molecule has 0 bridgehead atoms. The molecule has 12 nitrogen and oxygen atoms in total. The second kappa shape index (κ2) is 12.7. The molecule has 5 rings (SSSR count). The van der Waals surface area contributed by atoms with E-state index in [0.29, 0.717) is 25.2 Å². The lowest BCUT2D eigenvalue weighted by Crippen LogP contribution is -2.63. The maximum absolute atomic E-state index is 14.0. The molecule has 15 atom stereocenters. The van der Waals surface area contributed by atoms with Crippen molar-refractivity contribution in [1.82, 2.24) is 5.32 Å². The SMILES string of the molecule is COC1CC(OC2OC(CO)C(O)C(O)C2O)C2C(=O)C3C(O)CC(CCC4CCC(N)NC4)CC3C(=O)C2C1. The van der Waals surface area contributed by atoms with Gasteiger partial charge in [0.2, 0.25) is 0 Å². The van der Waals surface area contributed by atoms with Crippen LogP contribution in [-0.4, -0.2) is 113 Å². The molecule has 40 heavy (non-hydrogen) atoms. The van der Waals surface area contributed by atoms with Crippen molar-refractivity contribution in [3.8, 4) is 0 Å². The number of ketones is 2. The van der Waals surface area contributed by atoms with Crippen LogP contribution in [0.25, 0.3) is 0 Å². The van der Waals surface area contributed by atoms with Gasteiger partial charge in [-0.05, 0) is 56.9 Å². The Bertz CT molecular complexity index is 898. The van der Waals surface area contributed by atoms with Crippen LogP contribution in [-0.2, 0) is 23.8 Å². The Labute approximate surface area is 234 Å². The topological polar surface area (TPSA) is 201 Å². The van der Waals surface area contributed by atoms with E-state index in [2.05, 4.69) is 5.32 Å². The van der Waals surface area contributed by atoms with E-state index >= 15 is 0 Å². The van der Waals surface area contributed by atoms with Gasteiger partial charge >= 0.3 is 0 Å². The van der Waals surface area contributed by atoms with Crippen molar-refractivity contribution in [1.29, 1.82) is 0 Å². The molecule has 0 spiro atoms. The Kier molecular flexibility index (Phi) is 9.62. The first-order valence-corrected chi connectivity index (χ1v) is 14.9. The Morgan fingerprint density at radius 2 is 1.62 bits per heavy atom. The maximum atomic E-state index is 14.0. The Hall–Kier alpha value is -1.06. The second-order valence-electron chi connectivity index (χ2n) is 12.7. The van der Waals surface area contributed by atoms with Crippen LogP contribution in [0.2, 0.25) is 0 Å². The molecule has 12 heteroatoms. The van der Waals surface area contributed by atoms with Crippen molar-refractivity contribution in [2.45, 2.75) is 107 Å². The van der Waals surface area contributed by atoms with Crippen LogP contribution < -0.4 is 11.1 Å². The van der Waals surface area contributed by atoms with Gasteiger partial charge < -0.3 is 50.8 Å². The zero-order valence-electron chi connectivity index (χ0n) is 23.1. The molecule has 228 valence electrons. The number of rotatable bonds is 7. The van der Waals surface area contributed by atoms with Crippen LogP contribution in [0.15, 0.2) is 0 Å². The first-order chi connectivity index (χ1) is 19.1. The highest BCUT2D eigenvalue weighted by atomic mass is 16.7. The lowest BCUT2D eigenvalue weighted by molar-refractivity contribution is -0.319. The zero-order valence-corrected chi connectivity index (χ0v) is 23.1. The Morgan fingerprint density at radius 3 is 2.30 bits per heavy atom. The van der Waals surface area contributed by atoms with E-state index in [1.807, 2.05) is 0 Å². The van der Waals surface area contributed by atoms with Gasteiger partial charge in [0.05, 0.1) is 42.9 Å². The molecule has 5 fully saturated rings. The number of fused-ring (bicyclic) bond motifs is 2. The van der Waals surface area contributed by atoms with Crippen LogP contribution >= 0.6 is 0 Å². The summed E-state index contributed by atoms with van der Waals surface area (Å²) in [5.74, 6) is -2.45. The summed E-state index contributed by atoms with van der Waals surface area (Å²) in [5.41, 5.74) is 5.94. The number of Topliss-reactive ketones (excluding diaryl/α,β-unsaturated/α-hetero) is 2. The number of piperidine rings is 1. The molecular weight excluding hydrogens is 524 g/mol. The van der Waals surface area contributed by atoms with Gasteiger partial charge in [0.25, 0.3) is 0 Å². The summed E-state index contributed by atoms with van der Waals surface area (Å²) in [6.45, 7) is 0.263. The Morgan fingerprint density at radius 1 is 0.900 bits per heavy atom. The average molecular weight is 571 g/mol. The zero-order chi connectivity index (χ0) is 28.7. The predicted octanol–water partition coefficient (Wildman–Crippen LogP) is -1.57. The molecule has 0 aromatic rings. The molecular formula is C28H46N2O10. The highest BCUT2D eigenvalue weighted by molar-refractivity contribution is 6.00. The largest absolute Gasteiger partial charge is 0.394 e. The number of nitrogens with one attached hydrogen (secondary N) is 1. The van der Waals surface area contributed by atoms with Crippen LogP contribution in [0.1, 0.15) is 51.4 Å². The lowest BCUT2D eigenvalue weighted by Gasteiger charge is -2.51. The number of carbonyl (C=O) groups excluding carboxylic acids is 2. The molecule has 3 aliphatic carbocycles. The van der Waals surface area contributed by atoms with Crippen molar-refractivity contribution < 1.29 is 49.3 Å². The van der Waals surface area contributed by atoms with Crippen molar-refractivity contribution in [3.63, 3.8) is 0 Å². The molecule has 5 aliphatic rings. The fourth-order valence-electron chi connectivity index (χ4n) is 7.98. The van der Waals surface area contributed by atoms with E-state index < -0.39 is 73.2 Å². The van der Waals surface area contributed by atoms with Gasteiger partial charge in [-0.15, -0.1) is 0 Å². The molecule has 2 heterocycles. The van der Waals surface area contributed by atoms with E-state index in [9.17, 15) is 35.1 Å². The summed E-state index contributed by atoms with van der Waals surface area (Å²) in [4.78, 5) is 27.9.